The molecule has 0 aliphatic carbocycles. The first-order chi connectivity index (χ1) is 13.0. The molecule has 3 aromatic carbocycles. The van der Waals surface area contributed by atoms with Crippen LogP contribution in [0.15, 0.2) is 83.8 Å². The molecular weight excluding hydrogens is 384 g/mol. The summed E-state index contributed by atoms with van der Waals surface area (Å²) in [4.78, 5) is 12.4. The van der Waals surface area contributed by atoms with E-state index in [1.165, 1.54) is 24.3 Å². The maximum atomic E-state index is 12.4. The SMILES string of the molecule is O=C(Nc1ccc(S(=O)(=O)NCc2ccccc2)cc1)c1ccccc1Cl. The minimum Gasteiger partial charge on any atom is -0.322 e. The second-order valence-corrected chi connectivity index (χ2v) is 7.94. The predicted molar refractivity (Wildman–Crippen MR) is 106 cm³/mol. The summed E-state index contributed by atoms with van der Waals surface area (Å²) in [5, 5.41) is 3.04. The lowest BCUT2D eigenvalue weighted by Gasteiger charge is -2.09. The van der Waals surface area contributed by atoms with Crippen molar-refractivity contribution in [2.75, 3.05) is 5.32 Å². The van der Waals surface area contributed by atoms with E-state index in [0.29, 0.717) is 16.3 Å². The average molecular weight is 401 g/mol. The van der Waals surface area contributed by atoms with Crippen LogP contribution in [0.1, 0.15) is 15.9 Å². The van der Waals surface area contributed by atoms with Crippen molar-refractivity contribution in [2.45, 2.75) is 11.4 Å². The number of benzene rings is 3. The summed E-state index contributed by atoms with van der Waals surface area (Å²) in [5.74, 6) is -0.363. The van der Waals surface area contributed by atoms with Gasteiger partial charge in [-0.1, -0.05) is 54.1 Å². The van der Waals surface area contributed by atoms with Gasteiger partial charge in [0, 0.05) is 12.2 Å². The Morgan fingerprint density at radius 1 is 0.852 bits per heavy atom. The van der Waals surface area contributed by atoms with E-state index in [9.17, 15) is 13.2 Å². The summed E-state index contributed by atoms with van der Waals surface area (Å²) in [6, 6.07) is 21.9. The zero-order valence-electron chi connectivity index (χ0n) is 14.2. The van der Waals surface area contributed by atoms with Gasteiger partial charge in [-0.05, 0) is 42.0 Å². The minimum atomic E-state index is -3.65. The molecule has 5 nitrogen and oxygen atoms in total. The Hall–Kier alpha value is -2.67. The molecule has 0 atom stereocenters. The van der Waals surface area contributed by atoms with Gasteiger partial charge < -0.3 is 5.32 Å². The number of carbonyl (C=O) groups excluding carboxylic acids is 1. The second-order valence-electron chi connectivity index (χ2n) is 5.77. The summed E-state index contributed by atoms with van der Waals surface area (Å²) < 4.78 is 27.3. The largest absolute Gasteiger partial charge is 0.322 e. The molecule has 3 aromatic rings. The highest BCUT2D eigenvalue weighted by Crippen LogP contribution is 2.19. The fourth-order valence-electron chi connectivity index (χ4n) is 2.42. The molecule has 0 bridgehead atoms. The van der Waals surface area contributed by atoms with Gasteiger partial charge in [0.1, 0.15) is 0 Å². The molecule has 0 radical (unpaired) electrons. The molecule has 3 rings (SSSR count). The third kappa shape index (κ3) is 4.95. The third-order valence-electron chi connectivity index (χ3n) is 3.85. The molecule has 0 heterocycles. The van der Waals surface area contributed by atoms with Crippen LogP contribution in [0.25, 0.3) is 0 Å². The highest BCUT2D eigenvalue weighted by Gasteiger charge is 2.14. The number of carbonyl (C=O) groups is 1. The normalized spacial score (nSPS) is 11.1. The van der Waals surface area contributed by atoms with Crippen molar-refractivity contribution < 1.29 is 13.2 Å². The van der Waals surface area contributed by atoms with Gasteiger partial charge in [-0.25, -0.2) is 13.1 Å². The number of anilines is 1. The Labute approximate surface area is 163 Å². The lowest BCUT2D eigenvalue weighted by Crippen LogP contribution is -2.23. The van der Waals surface area contributed by atoms with E-state index >= 15 is 0 Å². The van der Waals surface area contributed by atoms with Crippen LogP contribution in [0.4, 0.5) is 5.69 Å². The third-order valence-corrected chi connectivity index (χ3v) is 5.60. The molecule has 0 unspecified atom stereocenters. The van der Waals surface area contributed by atoms with Crippen LogP contribution >= 0.6 is 11.6 Å². The zero-order valence-corrected chi connectivity index (χ0v) is 15.8. The second kappa shape index (κ2) is 8.35. The van der Waals surface area contributed by atoms with Gasteiger partial charge in [-0.3, -0.25) is 4.79 Å². The van der Waals surface area contributed by atoms with Gasteiger partial charge >= 0.3 is 0 Å². The molecule has 0 aliphatic heterocycles. The standard InChI is InChI=1S/C20H17ClN2O3S/c21-19-9-5-4-8-18(19)20(24)23-16-10-12-17(13-11-16)27(25,26)22-14-15-6-2-1-3-7-15/h1-13,22H,14H2,(H,23,24). The Balaban J connectivity index is 1.67. The van der Waals surface area contributed by atoms with Crippen LogP contribution in [0, 0.1) is 0 Å². The molecular formula is C20H17ClN2O3S. The van der Waals surface area contributed by atoms with Crippen molar-refractivity contribution in [3.05, 3.63) is 95.0 Å². The van der Waals surface area contributed by atoms with E-state index < -0.39 is 10.0 Å². The zero-order chi connectivity index (χ0) is 19.3. The maximum absolute atomic E-state index is 12.4. The average Bonchev–Trinajstić information content (AvgIpc) is 2.68. The lowest BCUT2D eigenvalue weighted by molar-refractivity contribution is 0.102. The van der Waals surface area contributed by atoms with Gasteiger partial charge in [0.05, 0.1) is 15.5 Å². The summed E-state index contributed by atoms with van der Waals surface area (Å²) in [6.45, 7) is 0.203. The van der Waals surface area contributed by atoms with Crippen LogP contribution in [0.3, 0.4) is 0 Å². The lowest BCUT2D eigenvalue weighted by atomic mass is 10.2. The molecule has 0 aliphatic rings. The fourth-order valence-corrected chi connectivity index (χ4v) is 3.66. The number of amides is 1. The number of sulfonamides is 1. The molecule has 138 valence electrons. The molecule has 1 amide bonds. The van der Waals surface area contributed by atoms with Crippen LogP contribution in [-0.4, -0.2) is 14.3 Å². The van der Waals surface area contributed by atoms with Crippen molar-refractivity contribution >= 4 is 33.2 Å². The van der Waals surface area contributed by atoms with Crippen LogP contribution in [0.2, 0.25) is 5.02 Å². The molecule has 0 saturated heterocycles. The minimum absolute atomic E-state index is 0.120. The van der Waals surface area contributed by atoms with E-state index in [1.807, 2.05) is 30.3 Å². The Bertz CT molecular complexity index is 1040. The smallest absolute Gasteiger partial charge is 0.257 e. The van der Waals surface area contributed by atoms with Crippen molar-refractivity contribution in [2.24, 2.45) is 0 Å². The van der Waals surface area contributed by atoms with E-state index in [-0.39, 0.29) is 17.3 Å². The Kier molecular flexibility index (Phi) is 5.91. The predicted octanol–water partition coefficient (Wildman–Crippen LogP) is 4.07. The van der Waals surface area contributed by atoms with E-state index in [2.05, 4.69) is 10.0 Å². The first kappa shape index (κ1) is 19.1. The van der Waals surface area contributed by atoms with Crippen molar-refractivity contribution in [3.8, 4) is 0 Å². The molecule has 0 aromatic heterocycles. The van der Waals surface area contributed by atoms with Crippen molar-refractivity contribution in [1.82, 2.24) is 4.72 Å². The topological polar surface area (TPSA) is 75.3 Å². The first-order valence-corrected chi connectivity index (χ1v) is 10.0. The van der Waals surface area contributed by atoms with Crippen LogP contribution in [-0.2, 0) is 16.6 Å². The highest BCUT2D eigenvalue weighted by atomic mass is 35.5. The molecule has 0 saturated carbocycles. The molecule has 2 N–H and O–H groups in total. The monoisotopic (exact) mass is 400 g/mol. The number of halogens is 1. The quantitative estimate of drug-likeness (QED) is 0.654. The molecule has 0 fully saturated rings. The van der Waals surface area contributed by atoms with Gasteiger partial charge in [-0.15, -0.1) is 0 Å². The van der Waals surface area contributed by atoms with Gasteiger partial charge in [0.25, 0.3) is 5.91 Å². The Morgan fingerprint density at radius 3 is 2.15 bits per heavy atom. The fraction of sp³-hybridized carbons (Fsp3) is 0.0500. The van der Waals surface area contributed by atoms with E-state index in [1.54, 1.807) is 24.3 Å². The van der Waals surface area contributed by atoms with Crippen molar-refractivity contribution in [3.63, 3.8) is 0 Å². The van der Waals surface area contributed by atoms with Gasteiger partial charge in [0.2, 0.25) is 10.0 Å². The molecule has 7 heteroatoms. The van der Waals surface area contributed by atoms with Crippen LogP contribution < -0.4 is 10.0 Å². The van der Waals surface area contributed by atoms with Gasteiger partial charge in [0.15, 0.2) is 0 Å². The van der Waals surface area contributed by atoms with Crippen molar-refractivity contribution in [1.29, 1.82) is 0 Å². The summed E-state index contributed by atoms with van der Waals surface area (Å²) in [7, 11) is -3.65. The molecule has 0 spiro atoms. The summed E-state index contributed by atoms with van der Waals surface area (Å²) in [6.07, 6.45) is 0. The van der Waals surface area contributed by atoms with Crippen LogP contribution in [0.5, 0.6) is 0 Å². The first-order valence-electron chi connectivity index (χ1n) is 8.15. The number of nitrogens with one attached hydrogen (secondary N) is 2. The molecule has 27 heavy (non-hydrogen) atoms. The maximum Gasteiger partial charge on any atom is 0.257 e. The van der Waals surface area contributed by atoms with Gasteiger partial charge in [-0.2, -0.15) is 0 Å². The number of hydrogen-bond donors (Lipinski definition) is 2. The van der Waals surface area contributed by atoms with E-state index in [0.717, 1.165) is 5.56 Å². The number of hydrogen-bond acceptors (Lipinski definition) is 3. The van der Waals surface area contributed by atoms with E-state index in [4.69, 9.17) is 11.6 Å². The Morgan fingerprint density at radius 2 is 1.48 bits per heavy atom. The highest BCUT2D eigenvalue weighted by molar-refractivity contribution is 7.89. The summed E-state index contributed by atoms with van der Waals surface area (Å²) in [5.41, 5.74) is 1.69. The summed E-state index contributed by atoms with van der Waals surface area (Å²) >= 11 is 6.01. The number of rotatable bonds is 6.